The topological polar surface area (TPSA) is 36.4 Å². The summed E-state index contributed by atoms with van der Waals surface area (Å²) < 4.78 is 0. The normalized spacial score (nSPS) is 14.2. The number of aromatic nitrogens is 1. The lowest BCUT2D eigenvalue weighted by Crippen LogP contribution is -2.31. The van der Waals surface area contributed by atoms with Crippen molar-refractivity contribution in [2.45, 2.75) is 123 Å². The monoisotopic (exact) mass is 502 g/mol. The molecular weight excluding hydrogens is 452 g/mol. The number of aryl methyl sites for hydroxylation is 2. The largest absolute Gasteiger partial charge is 0.387 e. The minimum Gasteiger partial charge on any atom is -0.387 e. The highest BCUT2D eigenvalue weighted by Gasteiger charge is 2.16. The molecule has 1 aliphatic rings. The van der Waals surface area contributed by atoms with E-state index in [-0.39, 0.29) is 12.4 Å². The SMILES string of the molecule is CCCCCCCCN(CCCCCCCC)CC(O)c1ccc2nc3c(cc2c1)CCCC3.Cl. The van der Waals surface area contributed by atoms with Crippen molar-refractivity contribution in [3.05, 3.63) is 41.1 Å². The average Bonchev–Trinajstić information content (AvgIpc) is 2.86. The highest BCUT2D eigenvalue weighted by atomic mass is 35.5. The highest BCUT2D eigenvalue weighted by Crippen LogP contribution is 2.26. The van der Waals surface area contributed by atoms with Gasteiger partial charge in [-0.2, -0.15) is 0 Å². The molecule has 1 N–H and O–H groups in total. The van der Waals surface area contributed by atoms with Crippen LogP contribution in [0.4, 0.5) is 0 Å². The molecule has 1 unspecified atom stereocenters. The summed E-state index contributed by atoms with van der Waals surface area (Å²) in [5, 5.41) is 12.4. The number of fused-ring (bicyclic) bond motifs is 2. The third-order valence-electron chi connectivity index (χ3n) is 7.59. The van der Waals surface area contributed by atoms with Crippen molar-refractivity contribution in [3.8, 4) is 0 Å². The molecule has 0 spiro atoms. The van der Waals surface area contributed by atoms with Gasteiger partial charge in [-0.1, -0.05) is 84.1 Å². The lowest BCUT2D eigenvalue weighted by molar-refractivity contribution is 0.110. The van der Waals surface area contributed by atoms with Crippen LogP contribution in [0, 0.1) is 0 Å². The number of halogens is 1. The summed E-state index contributed by atoms with van der Waals surface area (Å²) in [5.41, 5.74) is 4.82. The van der Waals surface area contributed by atoms with Gasteiger partial charge in [0.2, 0.25) is 0 Å². The van der Waals surface area contributed by atoms with Crippen LogP contribution in [0.3, 0.4) is 0 Å². The van der Waals surface area contributed by atoms with E-state index in [9.17, 15) is 5.11 Å². The molecule has 0 saturated heterocycles. The fraction of sp³-hybridized carbons (Fsp3) is 0.710. The second-order valence-corrected chi connectivity index (χ2v) is 10.6. The van der Waals surface area contributed by atoms with E-state index in [1.54, 1.807) is 0 Å². The van der Waals surface area contributed by atoms with Crippen LogP contribution in [0.15, 0.2) is 24.3 Å². The third kappa shape index (κ3) is 10.4. The van der Waals surface area contributed by atoms with Crippen LogP contribution in [-0.4, -0.2) is 34.6 Å². The Hall–Kier alpha value is -1.16. The molecule has 35 heavy (non-hydrogen) atoms. The lowest BCUT2D eigenvalue weighted by atomic mass is 9.94. The number of rotatable bonds is 17. The van der Waals surface area contributed by atoms with Gasteiger partial charge in [-0.25, -0.2) is 0 Å². The van der Waals surface area contributed by atoms with Gasteiger partial charge >= 0.3 is 0 Å². The molecule has 0 radical (unpaired) electrons. The molecule has 198 valence electrons. The van der Waals surface area contributed by atoms with Gasteiger partial charge in [0.15, 0.2) is 0 Å². The van der Waals surface area contributed by atoms with E-state index < -0.39 is 6.10 Å². The zero-order chi connectivity index (χ0) is 24.0. The summed E-state index contributed by atoms with van der Waals surface area (Å²) in [4.78, 5) is 7.45. The van der Waals surface area contributed by atoms with Gasteiger partial charge in [0.1, 0.15) is 0 Å². The molecule has 3 nitrogen and oxygen atoms in total. The summed E-state index contributed by atoms with van der Waals surface area (Å²) in [5.74, 6) is 0. The van der Waals surface area contributed by atoms with Gasteiger partial charge in [-0.3, -0.25) is 4.98 Å². The third-order valence-corrected chi connectivity index (χ3v) is 7.59. The molecule has 0 saturated carbocycles. The predicted molar refractivity (Wildman–Crippen MR) is 154 cm³/mol. The number of pyridine rings is 1. The quantitative estimate of drug-likeness (QED) is 0.220. The van der Waals surface area contributed by atoms with Crippen LogP contribution in [0.5, 0.6) is 0 Å². The van der Waals surface area contributed by atoms with Crippen molar-refractivity contribution in [1.82, 2.24) is 9.88 Å². The van der Waals surface area contributed by atoms with Crippen LogP contribution < -0.4 is 0 Å². The fourth-order valence-corrected chi connectivity index (χ4v) is 5.40. The molecule has 3 rings (SSSR count). The molecule has 1 atom stereocenters. The van der Waals surface area contributed by atoms with E-state index in [1.165, 1.54) is 107 Å². The van der Waals surface area contributed by atoms with E-state index in [4.69, 9.17) is 4.98 Å². The highest BCUT2D eigenvalue weighted by molar-refractivity contribution is 5.85. The first-order chi connectivity index (χ1) is 16.7. The fourth-order valence-electron chi connectivity index (χ4n) is 5.40. The Labute approximate surface area is 221 Å². The first kappa shape index (κ1) is 30.1. The van der Waals surface area contributed by atoms with E-state index in [2.05, 4.69) is 43.0 Å². The van der Waals surface area contributed by atoms with E-state index >= 15 is 0 Å². The smallest absolute Gasteiger partial charge is 0.0917 e. The van der Waals surface area contributed by atoms with Gasteiger partial charge in [-0.15, -0.1) is 12.4 Å². The van der Waals surface area contributed by atoms with Crippen LogP contribution in [0.1, 0.15) is 127 Å². The van der Waals surface area contributed by atoms with E-state index in [1.807, 2.05) is 0 Å². The first-order valence-electron chi connectivity index (χ1n) is 14.5. The molecule has 2 aromatic rings. The van der Waals surface area contributed by atoms with Crippen LogP contribution in [-0.2, 0) is 12.8 Å². The number of hydrogen-bond donors (Lipinski definition) is 1. The summed E-state index contributed by atoms with van der Waals surface area (Å²) in [6.07, 6.45) is 20.3. The maximum Gasteiger partial charge on any atom is 0.0917 e. The number of aliphatic hydroxyl groups is 1. The number of nitrogens with zero attached hydrogens (tertiary/aromatic N) is 2. The van der Waals surface area contributed by atoms with E-state index in [0.717, 1.165) is 43.6 Å². The Morgan fingerprint density at radius 2 is 1.40 bits per heavy atom. The van der Waals surface area contributed by atoms with Crippen LogP contribution in [0.2, 0.25) is 0 Å². The van der Waals surface area contributed by atoms with Gasteiger partial charge in [0, 0.05) is 17.6 Å². The molecular formula is C31H51ClN2O. The van der Waals surface area contributed by atoms with Gasteiger partial charge in [0.25, 0.3) is 0 Å². The van der Waals surface area contributed by atoms with Crippen molar-refractivity contribution in [2.75, 3.05) is 19.6 Å². The summed E-state index contributed by atoms with van der Waals surface area (Å²) in [6, 6.07) is 8.74. The second kappa shape index (κ2) is 17.3. The maximum atomic E-state index is 11.2. The van der Waals surface area contributed by atoms with Crippen LogP contribution in [0.25, 0.3) is 10.9 Å². The van der Waals surface area contributed by atoms with Gasteiger partial charge in [0.05, 0.1) is 11.6 Å². The average molecular weight is 503 g/mol. The van der Waals surface area contributed by atoms with Crippen LogP contribution >= 0.6 is 12.4 Å². The van der Waals surface area contributed by atoms with Crippen molar-refractivity contribution >= 4 is 23.3 Å². The van der Waals surface area contributed by atoms with E-state index in [0.29, 0.717) is 0 Å². The molecule has 1 aromatic carbocycles. The molecule has 0 fully saturated rings. The number of aliphatic hydroxyl groups excluding tert-OH is 1. The number of benzene rings is 1. The molecule has 1 aliphatic carbocycles. The second-order valence-electron chi connectivity index (χ2n) is 10.6. The summed E-state index contributed by atoms with van der Waals surface area (Å²) in [6.45, 7) is 7.53. The molecule has 0 amide bonds. The number of unbranched alkanes of at least 4 members (excludes halogenated alkanes) is 10. The number of hydrogen-bond acceptors (Lipinski definition) is 3. The maximum absolute atomic E-state index is 11.2. The Morgan fingerprint density at radius 1 is 0.800 bits per heavy atom. The summed E-state index contributed by atoms with van der Waals surface area (Å²) >= 11 is 0. The van der Waals surface area contributed by atoms with Gasteiger partial charge in [-0.05, 0) is 80.9 Å². The Morgan fingerprint density at radius 3 is 2.06 bits per heavy atom. The zero-order valence-corrected chi connectivity index (χ0v) is 23.4. The molecule has 1 aromatic heterocycles. The van der Waals surface area contributed by atoms with Crippen molar-refractivity contribution in [3.63, 3.8) is 0 Å². The van der Waals surface area contributed by atoms with Crippen molar-refractivity contribution in [1.29, 1.82) is 0 Å². The predicted octanol–water partition coefficient (Wildman–Crippen LogP) is 8.59. The molecule has 0 aliphatic heterocycles. The van der Waals surface area contributed by atoms with Gasteiger partial charge < -0.3 is 10.0 Å². The standard InChI is InChI=1S/C31H50N2O.ClH/c1-3-5-7-9-11-15-21-33(22-16-12-10-8-6-4-2)25-31(34)27-19-20-30-28(24-27)23-26-17-13-14-18-29(26)32-30;/h19-20,23-24,31,34H,3-18,21-22,25H2,1-2H3;1H. The zero-order valence-electron chi connectivity index (χ0n) is 22.6. The Bertz CT molecular complexity index is 824. The Kier molecular flexibility index (Phi) is 14.9. The minimum absolute atomic E-state index is 0. The minimum atomic E-state index is -0.430. The summed E-state index contributed by atoms with van der Waals surface area (Å²) in [7, 11) is 0. The molecule has 4 heteroatoms. The van der Waals surface area contributed by atoms with Crippen molar-refractivity contribution in [2.24, 2.45) is 0 Å². The molecule has 1 heterocycles. The Balaban J connectivity index is 0.00000432. The van der Waals surface area contributed by atoms with Crippen molar-refractivity contribution < 1.29 is 5.11 Å². The first-order valence-corrected chi connectivity index (χ1v) is 14.5. The lowest BCUT2D eigenvalue weighted by Gasteiger charge is -2.26. The molecule has 0 bridgehead atoms.